The number of quaternary nitrogens is 1. The first-order chi connectivity index (χ1) is 7.79. The topological polar surface area (TPSA) is 72.7 Å². The molecule has 0 saturated carbocycles. The van der Waals surface area contributed by atoms with Gasteiger partial charge in [-0.1, -0.05) is 0 Å². The molecule has 2 rings (SSSR count). The maximum absolute atomic E-state index is 11.2. The van der Waals surface area contributed by atoms with E-state index in [1.807, 2.05) is 6.07 Å². The summed E-state index contributed by atoms with van der Waals surface area (Å²) in [5.74, 6) is 5.80. The SMILES string of the molecule is NNC(=O)c1ccc(C[NH+]2CCCCC2)o1. The molecular weight excluding hydrogens is 206 g/mol. The number of hydrogen-bond acceptors (Lipinski definition) is 3. The van der Waals surface area contributed by atoms with E-state index in [1.165, 1.54) is 37.3 Å². The molecule has 5 heteroatoms. The maximum atomic E-state index is 11.2. The average Bonchev–Trinajstić information content (AvgIpc) is 2.78. The van der Waals surface area contributed by atoms with Crippen molar-refractivity contribution in [2.24, 2.45) is 5.84 Å². The zero-order chi connectivity index (χ0) is 11.4. The molecule has 1 aromatic rings. The summed E-state index contributed by atoms with van der Waals surface area (Å²) in [5.41, 5.74) is 2.06. The normalized spacial score (nSPS) is 17.3. The molecule has 1 amide bonds. The number of piperidine rings is 1. The highest BCUT2D eigenvalue weighted by molar-refractivity contribution is 5.90. The number of rotatable bonds is 3. The molecule has 16 heavy (non-hydrogen) atoms. The summed E-state index contributed by atoms with van der Waals surface area (Å²) in [4.78, 5) is 12.7. The van der Waals surface area contributed by atoms with Crippen LogP contribution in [-0.2, 0) is 6.54 Å². The Hall–Kier alpha value is -1.33. The van der Waals surface area contributed by atoms with Gasteiger partial charge in [0.15, 0.2) is 11.5 Å². The summed E-state index contributed by atoms with van der Waals surface area (Å²) in [5, 5.41) is 0. The fraction of sp³-hybridized carbons (Fsp3) is 0.545. The van der Waals surface area contributed by atoms with E-state index in [0.717, 1.165) is 12.3 Å². The highest BCUT2D eigenvalue weighted by Crippen LogP contribution is 2.06. The van der Waals surface area contributed by atoms with Crippen LogP contribution in [0.2, 0.25) is 0 Å². The summed E-state index contributed by atoms with van der Waals surface area (Å²) in [7, 11) is 0. The van der Waals surface area contributed by atoms with Crippen LogP contribution in [0.5, 0.6) is 0 Å². The van der Waals surface area contributed by atoms with Crippen molar-refractivity contribution in [1.29, 1.82) is 0 Å². The first kappa shape index (κ1) is 11.2. The van der Waals surface area contributed by atoms with Gasteiger partial charge in [0.1, 0.15) is 6.54 Å². The molecule has 0 atom stereocenters. The molecule has 0 unspecified atom stereocenters. The third-order valence-corrected chi connectivity index (χ3v) is 3.00. The third-order valence-electron chi connectivity index (χ3n) is 3.00. The van der Waals surface area contributed by atoms with Crippen molar-refractivity contribution < 1.29 is 14.1 Å². The van der Waals surface area contributed by atoms with Crippen LogP contribution < -0.4 is 16.2 Å². The number of hydrogen-bond donors (Lipinski definition) is 3. The molecule has 0 aromatic carbocycles. The molecule has 0 aliphatic carbocycles. The number of hydrazine groups is 1. The fourth-order valence-corrected chi connectivity index (χ4v) is 2.14. The second-order valence-electron chi connectivity index (χ2n) is 4.23. The predicted octanol–water partition coefficient (Wildman–Crippen LogP) is -0.548. The van der Waals surface area contributed by atoms with Crippen LogP contribution >= 0.6 is 0 Å². The summed E-state index contributed by atoms with van der Waals surface area (Å²) < 4.78 is 5.43. The van der Waals surface area contributed by atoms with Gasteiger partial charge in [-0.2, -0.15) is 0 Å². The van der Waals surface area contributed by atoms with E-state index in [0.29, 0.717) is 0 Å². The van der Waals surface area contributed by atoms with Crippen molar-refractivity contribution in [2.45, 2.75) is 25.8 Å². The van der Waals surface area contributed by atoms with Crippen LogP contribution in [-0.4, -0.2) is 19.0 Å². The number of carbonyl (C=O) groups excluding carboxylic acids is 1. The first-order valence-corrected chi connectivity index (χ1v) is 5.73. The van der Waals surface area contributed by atoms with Crippen LogP contribution in [0.4, 0.5) is 0 Å². The Balaban J connectivity index is 1.94. The number of carbonyl (C=O) groups is 1. The minimum atomic E-state index is -0.375. The van der Waals surface area contributed by atoms with E-state index in [1.54, 1.807) is 6.07 Å². The lowest BCUT2D eigenvalue weighted by Gasteiger charge is -2.22. The van der Waals surface area contributed by atoms with Crippen LogP contribution in [0, 0.1) is 0 Å². The molecule has 88 valence electrons. The molecule has 0 spiro atoms. The van der Waals surface area contributed by atoms with Crippen molar-refractivity contribution >= 4 is 5.91 Å². The second-order valence-corrected chi connectivity index (χ2v) is 4.23. The van der Waals surface area contributed by atoms with Crippen molar-refractivity contribution in [3.63, 3.8) is 0 Å². The molecule has 1 aliphatic rings. The van der Waals surface area contributed by atoms with Gasteiger partial charge in [-0.05, 0) is 31.4 Å². The van der Waals surface area contributed by atoms with Crippen LogP contribution in [0.25, 0.3) is 0 Å². The summed E-state index contributed by atoms with van der Waals surface area (Å²) in [6, 6.07) is 3.52. The van der Waals surface area contributed by atoms with Crippen molar-refractivity contribution in [1.82, 2.24) is 5.43 Å². The quantitative estimate of drug-likeness (QED) is 0.366. The Bertz CT molecular complexity index is 356. The van der Waals surface area contributed by atoms with Gasteiger partial charge in [-0.25, -0.2) is 5.84 Å². The average molecular weight is 224 g/mol. The van der Waals surface area contributed by atoms with Gasteiger partial charge in [0.2, 0.25) is 0 Å². The Labute approximate surface area is 94.6 Å². The van der Waals surface area contributed by atoms with Gasteiger partial charge >= 0.3 is 5.91 Å². The zero-order valence-electron chi connectivity index (χ0n) is 9.29. The van der Waals surface area contributed by atoms with E-state index in [2.05, 4.69) is 5.43 Å². The molecule has 0 bridgehead atoms. The van der Waals surface area contributed by atoms with Gasteiger partial charge in [-0.3, -0.25) is 10.2 Å². The van der Waals surface area contributed by atoms with E-state index in [9.17, 15) is 4.79 Å². The van der Waals surface area contributed by atoms with Gasteiger partial charge in [-0.15, -0.1) is 0 Å². The molecule has 4 N–H and O–H groups in total. The lowest BCUT2D eigenvalue weighted by Crippen LogP contribution is -3.11. The van der Waals surface area contributed by atoms with E-state index in [4.69, 9.17) is 10.3 Å². The highest BCUT2D eigenvalue weighted by atomic mass is 16.4. The number of likely N-dealkylation sites (tertiary alicyclic amines) is 1. The fourth-order valence-electron chi connectivity index (χ4n) is 2.14. The highest BCUT2D eigenvalue weighted by Gasteiger charge is 2.17. The Morgan fingerprint density at radius 3 is 2.81 bits per heavy atom. The summed E-state index contributed by atoms with van der Waals surface area (Å²) >= 11 is 0. The molecule has 2 heterocycles. The largest absolute Gasteiger partial charge is 0.450 e. The van der Waals surface area contributed by atoms with E-state index in [-0.39, 0.29) is 11.7 Å². The minimum Gasteiger partial charge on any atom is -0.450 e. The smallest absolute Gasteiger partial charge is 0.300 e. The molecule has 1 aliphatic heterocycles. The lowest BCUT2D eigenvalue weighted by molar-refractivity contribution is -0.919. The molecule has 5 nitrogen and oxygen atoms in total. The second kappa shape index (κ2) is 5.14. The monoisotopic (exact) mass is 224 g/mol. The van der Waals surface area contributed by atoms with E-state index >= 15 is 0 Å². The Kier molecular flexibility index (Phi) is 3.58. The summed E-state index contributed by atoms with van der Waals surface area (Å²) in [6.07, 6.45) is 3.90. The molecule has 0 radical (unpaired) electrons. The Morgan fingerprint density at radius 2 is 2.12 bits per heavy atom. The molecule has 1 saturated heterocycles. The number of furan rings is 1. The maximum Gasteiger partial charge on any atom is 0.300 e. The van der Waals surface area contributed by atoms with E-state index < -0.39 is 0 Å². The molecule has 1 aromatic heterocycles. The third kappa shape index (κ3) is 2.62. The van der Waals surface area contributed by atoms with Crippen LogP contribution in [0.3, 0.4) is 0 Å². The van der Waals surface area contributed by atoms with Gasteiger partial charge in [0.25, 0.3) is 0 Å². The number of amides is 1. The molecule has 1 fully saturated rings. The van der Waals surface area contributed by atoms with Crippen molar-refractivity contribution in [2.75, 3.05) is 13.1 Å². The first-order valence-electron chi connectivity index (χ1n) is 5.73. The van der Waals surface area contributed by atoms with Crippen molar-refractivity contribution in [3.8, 4) is 0 Å². The van der Waals surface area contributed by atoms with Gasteiger partial charge in [0.05, 0.1) is 13.1 Å². The standard InChI is InChI=1S/C11H17N3O2/c12-13-11(15)10-5-4-9(16-10)8-14-6-2-1-3-7-14/h4-5H,1-3,6-8,12H2,(H,13,15)/p+1. The summed E-state index contributed by atoms with van der Waals surface area (Å²) in [6.45, 7) is 3.25. The van der Waals surface area contributed by atoms with Crippen LogP contribution in [0.1, 0.15) is 35.6 Å². The Morgan fingerprint density at radius 1 is 1.38 bits per heavy atom. The number of nitrogens with two attached hydrogens (primary N) is 1. The van der Waals surface area contributed by atoms with Gasteiger partial charge < -0.3 is 9.32 Å². The molecular formula is C11H18N3O2+. The van der Waals surface area contributed by atoms with Crippen molar-refractivity contribution in [3.05, 3.63) is 23.7 Å². The predicted molar refractivity (Wildman–Crippen MR) is 58.6 cm³/mol. The minimum absolute atomic E-state index is 0.286. The number of nitrogen functional groups attached to an aromatic ring is 1. The van der Waals surface area contributed by atoms with Gasteiger partial charge in [0, 0.05) is 0 Å². The lowest BCUT2D eigenvalue weighted by atomic mass is 10.1. The van der Waals surface area contributed by atoms with Crippen LogP contribution in [0.15, 0.2) is 16.5 Å². The zero-order valence-corrected chi connectivity index (χ0v) is 9.29. The number of nitrogens with one attached hydrogen (secondary N) is 2.